The van der Waals surface area contributed by atoms with Crippen LogP contribution >= 0.6 is 11.8 Å². The molecule has 7 nitrogen and oxygen atoms in total. The summed E-state index contributed by atoms with van der Waals surface area (Å²) in [5.41, 5.74) is 2.17. The van der Waals surface area contributed by atoms with Crippen LogP contribution in [0.25, 0.3) is 6.08 Å². The number of hydrogen-bond acceptors (Lipinski definition) is 6. The van der Waals surface area contributed by atoms with Crippen molar-refractivity contribution in [2.24, 2.45) is 0 Å². The molecule has 38 heavy (non-hydrogen) atoms. The van der Waals surface area contributed by atoms with Gasteiger partial charge in [0.2, 0.25) is 12.7 Å². The van der Waals surface area contributed by atoms with E-state index < -0.39 is 5.82 Å². The highest BCUT2D eigenvalue weighted by atomic mass is 32.2. The first-order chi connectivity index (χ1) is 18.5. The lowest BCUT2D eigenvalue weighted by atomic mass is 10.1. The van der Waals surface area contributed by atoms with Crippen LogP contribution in [-0.2, 0) is 16.1 Å². The standard InChI is InChI=1S/C29H26FN3O4S/c30-22-6-2-1-5-21(22)16-27-29(35)33(23-7-3-4-8-26(23)38-27)18-28(34)32-13-11-31(12-14-32)17-20-9-10-24-25(15-20)37-19-36-24/h1-10,15-16H,11-14,17-19H2. The number of anilines is 1. The molecule has 0 bridgehead atoms. The number of nitrogens with zero attached hydrogens (tertiary/aromatic N) is 3. The van der Waals surface area contributed by atoms with Crippen molar-refractivity contribution in [3.63, 3.8) is 0 Å². The summed E-state index contributed by atoms with van der Waals surface area (Å²) in [6, 6.07) is 19.8. The average Bonchev–Trinajstić information content (AvgIpc) is 3.40. The van der Waals surface area contributed by atoms with Crippen LogP contribution in [0.2, 0.25) is 0 Å². The minimum absolute atomic E-state index is 0.0623. The Kier molecular flexibility index (Phi) is 6.78. The molecule has 0 atom stereocenters. The second-order valence-corrected chi connectivity index (χ2v) is 10.4. The van der Waals surface area contributed by atoms with Crippen LogP contribution in [-0.4, -0.2) is 61.1 Å². The van der Waals surface area contributed by atoms with Crippen molar-refractivity contribution in [2.75, 3.05) is 44.4 Å². The molecule has 3 aromatic rings. The smallest absolute Gasteiger partial charge is 0.265 e. The Bertz CT molecular complexity index is 1420. The summed E-state index contributed by atoms with van der Waals surface area (Å²) in [5.74, 6) is 0.737. The summed E-state index contributed by atoms with van der Waals surface area (Å²) in [6.45, 7) is 3.59. The first-order valence-corrected chi connectivity index (χ1v) is 13.3. The number of para-hydroxylation sites is 1. The lowest BCUT2D eigenvalue weighted by Crippen LogP contribution is -2.52. The van der Waals surface area contributed by atoms with Crippen LogP contribution in [0.3, 0.4) is 0 Å². The third-order valence-corrected chi connectivity index (χ3v) is 7.96. The van der Waals surface area contributed by atoms with E-state index in [0.29, 0.717) is 29.2 Å². The SMILES string of the molecule is O=C(CN1C(=O)C(=Cc2ccccc2F)Sc2ccccc21)N1CCN(Cc2ccc3c(c2)OCO3)CC1. The number of thioether (sulfide) groups is 1. The second kappa shape index (κ2) is 10.5. The molecule has 0 spiro atoms. The van der Waals surface area contributed by atoms with Gasteiger partial charge in [0.05, 0.1) is 10.6 Å². The number of rotatable bonds is 5. The quantitative estimate of drug-likeness (QED) is 0.456. The second-order valence-electron chi connectivity index (χ2n) is 9.34. The molecule has 2 amide bonds. The average molecular weight is 532 g/mol. The highest BCUT2D eigenvalue weighted by Gasteiger charge is 2.32. The number of carbonyl (C=O) groups excluding carboxylic acids is 2. The first kappa shape index (κ1) is 24.5. The molecule has 3 aromatic carbocycles. The van der Waals surface area contributed by atoms with Gasteiger partial charge < -0.3 is 14.4 Å². The molecule has 3 aliphatic heterocycles. The van der Waals surface area contributed by atoms with E-state index in [1.54, 1.807) is 24.3 Å². The third-order valence-electron chi connectivity index (χ3n) is 6.89. The number of amides is 2. The van der Waals surface area contributed by atoms with E-state index >= 15 is 0 Å². The molecular weight excluding hydrogens is 505 g/mol. The van der Waals surface area contributed by atoms with Gasteiger partial charge in [-0.15, -0.1) is 0 Å². The minimum Gasteiger partial charge on any atom is -0.454 e. The van der Waals surface area contributed by atoms with E-state index in [2.05, 4.69) is 4.90 Å². The number of fused-ring (bicyclic) bond motifs is 2. The minimum atomic E-state index is -0.395. The van der Waals surface area contributed by atoms with Gasteiger partial charge in [-0.2, -0.15) is 0 Å². The predicted molar refractivity (Wildman–Crippen MR) is 143 cm³/mol. The molecule has 6 rings (SSSR count). The van der Waals surface area contributed by atoms with Gasteiger partial charge in [-0.25, -0.2) is 4.39 Å². The monoisotopic (exact) mass is 531 g/mol. The zero-order valence-electron chi connectivity index (χ0n) is 20.6. The van der Waals surface area contributed by atoms with Crippen molar-refractivity contribution in [1.29, 1.82) is 0 Å². The van der Waals surface area contributed by atoms with Gasteiger partial charge in [0.15, 0.2) is 11.5 Å². The maximum atomic E-state index is 14.3. The molecule has 0 aliphatic carbocycles. The zero-order valence-corrected chi connectivity index (χ0v) is 21.5. The van der Waals surface area contributed by atoms with Crippen molar-refractivity contribution in [3.05, 3.63) is 88.6 Å². The van der Waals surface area contributed by atoms with Gasteiger partial charge in [0, 0.05) is 43.2 Å². The number of piperazine rings is 1. The number of benzene rings is 3. The van der Waals surface area contributed by atoms with Gasteiger partial charge in [0.25, 0.3) is 5.91 Å². The van der Waals surface area contributed by atoms with Crippen LogP contribution in [0.15, 0.2) is 76.5 Å². The summed E-state index contributed by atoms with van der Waals surface area (Å²) < 4.78 is 25.2. The Labute approximate surface area is 224 Å². The third kappa shape index (κ3) is 4.99. The molecule has 3 heterocycles. The van der Waals surface area contributed by atoms with E-state index in [1.807, 2.05) is 47.4 Å². The molecular formula is C29H26FN3O4S. The fraction of sp³-hybridized carbons (Fsp3) is 0.241. The molecule has 3 aliphatic rings. The normalized spacial score (nSPS) is 18.1. The molecule has 0 saturated carbocycles. The maximum Gasteiger partial charge on any atom is 0.265 e. The highest BCUT2D eigenvalue weighted by molar-refractivity contribution is 8.04. The van der Waals surface area contributed by atoms with E-state index in [9.17, 15) is 14.0 Å². The van der Waals surface area contributed by atoms with Gasteiger partial charge in [0.1, 0.15) is 12.4 Å². The first-order valence-electron chi connectivity index (χ1n) is 12.5. The van der Waals surface area contributed by atoms with E-state index in [0.717, 1.165) is 41.6 Å². The Hall–Kier alpha value is -3.82. The van der Waals surface area contributed by atoms with Crippen molar-refractivity contribution >= 4 is 35.3 Å². The van der Waals surface area contributed by atoms with Crippen molar-refractivity contribution < 1.29 is 23.5 Å². The molecule has 1 fully saturated rings. The number of halogens is 1. The Morgan fingerprint density at radius 1 is 0.947 bits per heavy atom. The molecule has 9 heteroatoms. The zero-order chi connectivity index (χ0) is 26.1. The lowest BCUT2D eigenvalue weighted by Gasteiger charge is -2.37. The van der Waals surface area contributed by atoms with Crippen LogP contribution in [0.5, 0.6) is 11.5 Å². The Balaban J connectivity index is 1.13. The van der Waals surface area contributed by atoms with Gasteiger partial charge in [-0.1, -0.05) is 48.2 Å². The van der Waals surface area contributed by atoms with Crippen molar-refractivity contribution in [1.82, 2.24) is 9.80 Å². The van der Waals surface area contributed by atoms with Crippen LogP contribution in [0.4, 0.5) is 10.1 Å². The summed E-state index contributed by atoms with van der Waals surface area (Å²) in [5, 5.41) is 0. The van der Waals surface area contributed by atoms with Crippen LogP contribution in [0.1, 0.15) is 11.1 Å². The molecule has 0 radical (unpaired) electrons. The highest BCUT2D eigenvalue weighted by Crippen LogP contribution is 2.42. The largest absolute Gasteiger partial charge is 0.454 e. The summed E-state index contributed by atoms with van der Waals surface area (Å²) >= 11 is 1.30. The number of carbonyl (C=O) groups is 2. The lowest BCUT2D eigenvalue weighted by molar-refractivity contribution is -0.132. The van der Waals surface area contributed by atoms with Crippen LogP contribution in [0, 0.1) is 5.82 Å². The molecule has 1 saturated heterocycles. The molecule has 0 aromatic heterocycles. The molecule has 0 unspecified atom stereocenters. The fourth-order valence-corrected chi connectivity index (χ4v) is 5.89. The van der Waals surface area contributed by atoms with E-state index in [-0.39, 0.29) is 25.2 Å². The van der Waals surface area contributed by atoms with Gasteiger partial charge in [-0.05, 0) is 42.0 Å². The summed E-state index contributed by atoms with van der Waals surface area (Å²) in [4.78, 5) is 33.7. The number of ether oxygens (including phenoxy) is 2. The fourth-order valence-electron chi connectivity index (χ4n) is 4.84. The Morgan fingerprint density at radius 3 is 2.55 bits per heavy atom. The maximum absolute atomic E-state index is 14.3. The predicted octanol–water partition coefficient (Wildman–Crippen LogP) is 4.38. The topological polar surface area (TPSA) is 62.3 Å². The van der Waals surface area contributed by atoms with E-state index in [1.165, 1.54) is 22.7 Å². The summed E-state index contributed by atoms with van der Waals surface area (Å²) in [7, 11) is 0. The summed E-state index contributed by atoms with van der Waals surface area (Å²) in [6.07, 6.45) is 1.56. The Morgan fingerprint density at radius 2 is 1.71 bits per heavy atom. The molecule has 0 N–H and O–H groups in total. The van der Waals surface area contributed by atoms with E-state index in [4.69, 9.17) is 9.47 Å². The molecule has 194 valence electrons. The number of hydrogen-bond donors (Lipinski definition) is 0. The van der Waals surface area contributed by atoms with Crippen molar-refractivity contribution in [2.45, 2.75) is 11.4 Å². The van der Waals surface area contributed by atoms with Gasteiger partial charge in [-0.3, -0.25) is 19.4 Å². The van der Waals surface area contributed by atoms with Crippen LogP contribution < -0.4 is 14.4 Å². The van der Waals surface area contributed by atoms with Gasteiger partial charge >= 0.3 is 0 Å². The van der Waals surface area contributed by atoms with Crippen molar-refractivity contribution in [3.8, 4) is 11.5 Å².